The van der Waals surface area contributed by atoms with Gasteiger partial charge in [0, 0.05) is 17.5 Å². The van der Waals surface area contributed by atoms with Crippen LogP contribution in [0.4, 0.5) is 11.4 Å². The number of rotatable bonds is 5. The van der Waals surface area contributed by atoms with Gasteiger partial charge in [0.1, 0.15) is 5.75 Å². The Hall–Kier alpha value is -2.82. The van der Waals surface area contributed by atoms with E-state index in [4.69, 9.17) is 4.74 Å². The van der Waals surface area contributed by atoms with Gasteiger partial charge in [-0.1, -0.05) is 29.8 Å². The van der Waals surface area contributed by atoms with Crippen LogP contribution in [0.5, 0.6) is 5.75 Å². The van der Waals surface area contributed by atoms with Crippen LogP contribution in [0.15, 0.2) is 42.5 Å². The fraction of sp³-hybridized carbons (Fsp3) is 0.391. The number of anilines is 2. The molecule has 0 heterocycles. The second-order valence-corrected chi connectivity index (χ2v) is 7.55. The van der Waals surface area contributed by atoms with Crippen molar-refractivity contribution in [3.63, 3.8) is 0 Å². The zero-order valence-corrected chi connectivity index (χ0v) is 16.7. The molecule has 0 spiro atoms. The van der Waals surface area contributed by atoms with Crippen molar-refractivity contribution >= 4 is 23.2 Å². The second kappa shape index (κ2) is 8.91. The number of hydrogen-bond acceptors (Lipinski definition) is 3. The lowest BCUT2D eigenvalue weighted by Crippen LogP contribution is -2.32. The van der Waals surface area contributed by atoms with E-state index >= 15 is 0 Å². The molecule has 2 aromatic rings. The first kappa shape index (κ1) is 19.9. The van der Waals surface area contributed by atoms with E-state index in [9.17, 15) is 9.59 Å². The normalized spacial score (nSPS) is 19.0. The molecule has 0 atom stereocenters. The fourth-order valence-electron chi connectivity index (χ4n) is 3.79. The Morgan fingerprint density at radius 3 is 2.00 bits per heavy atom. The van der Waals surface area contributed by atoms with Gasteiger partial charge in [0.05, 0.1) is 12.8 Å². The first-order valence-electron chi connectivity index (χ1n) is 9.80. The highest BCUT2D eigenvalue weighted by Gasteiger charge is 2.30. The van der Waals surface area contributed by atoms with Gasteiger partial charge in [-0.15, -0.1) is 0 Å². The van der Waals surface area contributed by atoms with Gasteiger partial charge in [-0.25, -0.2) is 0 Å². The number of ether oxygens (including phenoxy) is 1. The van der Waals surface area contributed by atoms with E-state index in [1.165, 1.54) is 5.56 Å². The van der Waals surface area contributed by atoms with Crippen LogP contribution in [0.3, 0.4) is 0 Å². The molecule has 1 fully saturated rings. The molecule has 1 aliphatic rings. The average Bonchev–Trinajstić information content (AvgIpc) is 2.70. The summed E-state index contributed by atoms with van der Waals surface area (Å²) in [6.07, 6.45) is 2.87. The molecular weight excluding hydrogens is 352 g/mol. The Balaban J connectivity index is 1.53. The molecule has 2 amide bonds. The SMILES string of the molecule is COc1ccccc1NC(=O)C1CCC(C(=O)Nc2ccc(C)cc2C)CC1. The van der Waals surface area contributed by atoms with Crippen LogP contribution in [0.25, 0.3) is 0 Å². The van der Waals surface area contributed by atoms with E-state index in [1.807, 2.05) is 50.2 Å². The van der Waals surface area contributed by atoms with Gasteiger partial charge >= 0.3 is 0 Å². The fourth-order valence-corrected chi connectivity index (χ4v) is 3.79. The van der Waals surface area contributed by atoms with Crippen LogP contribution in [-0.2, 0) is 9.59 Å². The first-order valence-corrected chi connectivity index (χ1v) is 9.80. The van der Waals surface area contributed by atoms with Crippen LogP contribution >= 0.6 is 0 Å². The van der Waals surface area contributed by atoms with E-state index in [0.29, 0.717) is 24.3 Å². The van der Waals surface area contributed by atoms with Gasteiger partial charge in [0.25, 0.3) is 0 Å². The van der Waals surface area contributed by atoms with Crippen molar-refractivity contribution < 1.29 is 14.3 Å². The number of benzene rings is 2. The van der Waals surface area contributed by atoms with Crippen LogP contribution in [0, 0.1) is 25.7 Å². The minimum atomic E-state index is -0.0740. The average molecular weight is 380 g/mol. The standard InChI is InChI=1S/C23H28N2O3/c1-15-8-13-19(16(2)14-15)24-22(26)17-9-11-18(12-10-17)23(27)25-20-6-4-5-7-21(20)28-3/h4-8,13-14,17-18H,9-12H2,1-3H3,(H,24,26)(H,25,27). The van der Waals surface area contributed by atoms with Crippen LogP contribution in [0.1, 0.15) is 36.8 Å². The molecule has 0 aliphatic heterocycles. The molecule has 0 bridgehead atoms. The summed E-state index contributed by atoms with van der Waals surface area (Å²) in [7, 11) is 1.59. The molecule has 3 rings (SSSR count). The number of carbonyl (C=O) groups is 2. The van der Waals surface area contributed by atoms with E-state index in [2.05, 4.69) is 16.7 Å². The second-order valence-electron chi connectivity index (χ2n) is 7.55. The lowest BCUT2D eigenvalue weighted by Gasteiger charge is -2.27. The molecule has 5 nitrogen and oxygen atoms in total. The Kier molecular flexibility index (Phi) is 6.34. The Bertz CT molecular complexity index is 855. The maximum Gasteiger partial charge on any atom is 0.227 e. The molecule has 2 aromatic carbocycles. The topological polar surface area (TPSA) is 67.4 Å². The summed E-state index contributed by atoms with van der Waals surface area (Å²) in [5.41, 5.74) is 3.80. The molecular formula is C23H28N2O3. The number of carbonyl (C=O) groups excluding carboxylic acids is 2. The van der Waals surface area contributed by atoms with Gasteiger partial charge in [0.2, 0.25) is 11.8 Å². The molecule has 28 heavy (non-hydrogen) atoms. The number of nitrogens with one attached hydrogen (secondary N) is 2. The number of para-hydroxylation sites is 2. The number of amides is 2. The summed E-state index contributed by atoms with van der Waals surface area (Å²) in [5.74, 6) is 0.580. The summed E-state index contributed by atoms with van der Waals surface area (Å²) in [4.78, 5) is 25.2. The third-order valence-corrected chi connectivity index (χ3v) is 5.47. The summed E-state index contributed by atoms with van der Waals surface area (Å²) < 4.78 is 5.29. The molecule has 0 aromatic heterocycles. The molecule has 2 N–H and O–H groups in total. The van der Waals surface area contributed by atoms with E-state index in [1.54, 1.807) is 7.11 Å². The minimum absolute atomic E-state index is 0.00210. The monoisotopic (exact) mass is 380 g/mol. The smallest absolute Gasteiger partial charge is 0.227 e. The van der Waals surface area contributed by atoms with E-state index in [-0.39, 0.29) is 23.7 Å². The zero-order chi connectivity index (χ0) is 20.1. The highest BCUT2D eigenvalue weighted by Crippen LogP contribution is 2.32. The Morgan fingerprint density at radius 1 is 0.857 bits per heavy atom. The lowest BCUT2D eigenvalue weighted by molar-refractivity contribution is -0.125. The zero-order valence-electron chi connectivity index (χ0n) is 16.7. The molecule has 148 valence electrons. The van der Waals surface area contributed by atoms with Gasteiger partial charge in [0.15, 0.2) is 0 Å². The Labute approximate surface area is 166 Å². The number of hydrogen-bond donors (Lipinski definition) is 2. The van der Waals surface area contributed by atoms with Gasteiger partial charge in [-0.3, -0.25) is 9.59 Å². The summed E-state index contributed by atoms with van der Waals surface area (Å²) in [5, 5.41) is 6.01. The third-order valence-electron chi connectivity index (χ3n) is 5.47. The number of aryl methyl sites for hydroxylation is 2. The molecule has 1 aliphatic carbocycles. The van der Waals surface area contributed by atoms with Crippen LogP contribution in [-0.4, -0.2) is 18.9 Å². The Morgan fingerprint density at radius 2 is 1.43 bits per heavy atom. The minimum Gasteiger partial charge on any atom is -0.495 e. The highest BCUT2D eigenvalue weighted by atomic mass is 16.5. The van der Waals surface area contributed by atoms with Gasteiger partial charge in [-0.05, 0) is 63.3 Å². The van der Waals surface area contributed by atoms with Gasteiger partial charge < -0.3 is 15.4 Å². The van der Waals surface area contributed by atoms with E-state index < -0.39 is 0 Å². The van der Waals surface area contributed by atoms with Crippen molar-refractivity contribution in [3.8, 4) is 5.75 Å². The van der Waals surface area contributed by atoms with Crippen molar-refractivity contribution in [2.75, 3.05) is 17.7 Å². The molecule has 5 heteroatoms. The first-order chi connectivity index (χ1) is 13.5. The maximum atomic E-state index is 12.6. The molecule has 0 unspecified atom stereocenters. The molecule has 1 saturated carbocycles. The summed E-state index contributed by atoms with van der Waals surface area (Å²) in [6, 6.07) is 13.4. The van der Waals surface area contributed by atoms with Crippen LogP contribution in [0.2, 0.25) is 0 Å². The summed E-state index contributed by atoms with van der Waals surface area (Å²) >= 11 is 0. The van der Waals surface area contributed by atoms with Crippen molar-refractivity contribution in [2.24, 2.45) is 11.8 Å². The van der Waals surface area contributed by atoms with Crippen molar-refractivity contribution in [1.82, 2.24) is 0 Å². The van der Waals surface area contributed by atoms with Crippen molar-refractivity contribution in [3.05, 3.63) is 53.6 Å². The molecule has 0 saturated heterocycles. The highest BCUT2D eigenvalue weighted by molar-refractivity contribution is 5.95. The van der Waals surface area contributed by atoms with E-state index in [0.717, 1.165) is 24.1 Å². The predicted octanol–water partition coefficient (Wildman–Crippen LogP) is 4.70. The van der Waals surface area contributed by atoms with Crippen LogP contribution < -0.4 is 15.4 Å². The maximum absolute atomic E-state index is 12.6. The van der Waals surface area contributed by atoms with Crippen molar-refractivity contribution in [1.29, 1.82) is 0 Å². The molecule has 0 radical (unpaired) electrons. The number of methoxy groups -OCH3 is 1. The summed E-state index contributed by atoms with van der Waals surface area (Å²) in [6.45, 7) is 4.04. The third kappa shape index (κ3) is 4.71. The lowest BCUT2D eigenvalue weighted by atomic mass is 9.81. The largest absolute Gasteiger partial charge is 0.495 e. The quantitative estimate of drug-likeness (QED) is 0.790. The predicted molar refractivity (Wildman–Crippen MR) is 112 cm³/mol. The van der Waals surface area contributed by atoms with Gasteiger partial charge in [-0.2, -0.15) is 0 Å². The van der Waals surface area contributed by atoms with Crippen molar-refractivity contribution in [2.45, 2.75) is 39.5 Å².